The Labute approximate surface area is 140 Å². The van der Waals surface area contributed by atoms with Gasteiger partial charge in [0.25, 0.3) is 0 Å². The summed E-state index contributed by atoms with van der Waals surface area (Å²) in [7, 11) is 0. The van der Waals surface area contributed by atoms with E-state index in [2.05, 4.69) is 5.32 Å². The third-order valence-corrected chi connectivity index (χ3v) is 3.62. The highest BCUT2D eigenvalue weighted by atomic mass is 19.1. The summed E-state index contributed by atoms with van der Waals surface area (Å²) >= 11 is 0. The maximum absolute atomic E-state index is 13.3. The Morgan fingerprint density at radius 3 is 2.46 bits per heavy atom. The summed E-state index contributed by atoms with van der Waals surface area (Å²) in [5.74, 6) is -0.240. The van der Waals surface area contributed by atoms with Crippen molar-refractivity contribution in [1.82, 2.24) is 0 Å². The molecule has 122 valence electrons. The summed E-state index contributed by atoms with van der Waals surface area (Å²) in [6, 6.07) is 22.0. The van der Waals surface area contributed by atoms with Gasteiger partial charge in [0.2, 0.25) is 0 Å². The zero-order valence-electron chi connectivity index (χ0n) is 13.1. The van der Waals surface area contributed by atoms with Gasteiger partial charge in [-0.3, -0.25) is 0 Å². The van der Waals surface area contributed by atoms with E-state index in [-0.39, 0.29) is 5.75 Å². The Morgan fingerprint density at radius 2 is 1.62 bits per heavy atom. The van der Waals surface area contributed by atoms with Gasteiger partial charge in [0, 0.05) is 6.54 Å². The lowest BCUT2D eigenvalue weighted by Gasteiger charge is -2.11. The number of halogens is 1. The van der Waals surface area contributed by atoms with Crippen molar-refractivity contribution in [1.29, 1.82) is 0 Å². The second-order valence-corrected chi connectivity index (χ2v) is 5.41. The first-order valence-electron chi connectivity index (χ1n) is 7.69. The molecule has 0 aliphatic heterocycles. The van der Waals surface area contributed by atoms with Crippen LogP contribution in [0.15, 0.2) is 72.8 Å². The van der Waals surface area contributed by atoms with Crippen LogP contribution in [0, 0.1) is 5.82 Å². The average molecular weight is 323 g/mol. The summed E-state index contributed by atoms with van der Waals surface area (Å²) in [5, 5.41) is 12.7. The molecular formula is C20H18FNO2. The van der Waals surface area contributed by atoms with Gasteiger partial charge >= 0.3 is 0 Å². The number of ether oxygens (including phenoxy) is 1. The fourth-order valence-corrected chi connectivity index (χ4v) is 2.34. The lowest BCUT2D eigenvalue weighted by atomic mass is 10.2. The Kier molecular flexibility index (Phi) is 4.96. The van der Waals surface area contributed by atoms with E-state index < -0.39 is 5.82 Å². The van der Waals surface area contributed by atoms with Gasteiger partial charge in [0.15, 0.2) is 11.6 Å². The van der Waals surface area contributed by atoms with E-state index in [1.165, 1.54) is 6.07 Å². The number of aromatic hydroxyl groups is 1. The number of rotatable bonds is 6. The first kappa shape index (κ1) is 15.9. The molecule has 0 saturated carbocycles. The molecule has 0 atom stereocenters. The van der Waals surface area contributed by atoms with E-state index in [9.17, 15) is 9.50 Å². The van der Waals surface area contributed by atoms with E-state index in [0.717, 1.165) is 16.9 Å². The van der Waals surface area contributed by atoms with Crippen LogP contribution in [0.3, 0.4) is 0 Å². The van der Waals surface area contributed by atoms with Crippen molar-refractivity contribution in [2.24, 2.45) is 0 Å². The minimum atomic E-state index is -0.639. The highest BCUT2D eigenvalue weighted by Gasteiger charge is 2.06. The predicted octanol–water partition coefficient (Wildman–Crippen LogP) is 4.72. The maximum atomic E-state index is 13.3. The molecular weight excluding hydrogens is 305 g/mol. The topological polar surface area (TPSA) is 41.5 Å². The molecule has 0 spiro atoms. The molecule has 0 bridgehead atoms. The lowest BCUT2D eigenvalue weighted by Crippen LogP contribution is -2.01. The van der Waals surface area contributed by atoms with Gasteiger partial charge in [-0.2, -0.15) is 0 Å². The van der Waals surface area contributed by atoms with Crippen molar-refractivity contribution in [3.63, 3.8) is 0 Å². The number of para-hydroxylation sites is 1. The van der Waals surface area contributed by atoms with E-state index in [1.54, 1.807) is 12.1 Å². The van der Waals surface area contributed by atoms with Gasteiger partial charge in [0.05, 0.1) is 5.69 Å². The number of phenolic OH excluding ortho intramolecular Hbond substituents is 1. The van der Waals surface area contributed by atoms with Gasteiger partial charge in [-0.1, -0.05) is 48.5 Å². The van der Waals surface area contributed by atoms with Crippen molar-refractivity contribution < 1.29 is 14.2 Å². The fourth-order valence-electron chi connectivity index (χ4n) is 2.34. The molecule has 0 heterocycles. The number of benzene rings is 3. The van der Waals surface area contributed by atoms with Crippen LogP contribution in [0.2, 0.25) is 0 Å². The third kappa shape index (κ3) is 4.04. The molecule has 0 saturated heterocycles. The van der Waals surface area contributed by atoms with Crippen molar-refractivity contribution in [2.75, 3.05) is 5.32 Å². The first-order chi connectivity index (χ1) is 11.7. The van der Waals surface area contributed by atoms with E-state index in [0.29, 0.717) is 18.8 Å². The third-order valence-electron chi connectivity index (χ3n) is 3.62. The molecule has 0 unspecified atom stereocenters. The van der Waals surface area contributed by atoms with E-state index in [1.807, 2.05) is 54.6 Å². The smallest absolute Gasteiger partial charge is 0.174 e. The Morgan fingerprint density at radius 1 is 0.875 bits per heavy atom. The highest BCUT2D eigenvalue weighted by Crippen LogP contribution is 2.26. The van der Waals surface area contributed by atoms with Gasteiger partial charge in [-0.15, -0.1) is 0 Å². The quantitative estimate of drug-likeness (QED) is 0.645. The zero-order valence-corrected chi connectivity index (χ0v) is 13.1. The second kappa shape index (κ2) is 7.51. The summed E-state index contributed by atoms with van der Waals surface area (Å²) in [5.41, 5.74) is 2.44. The molecule has 0 fully saturated rings. The standard InChI is InChI=1S/C20H18FNO2/c21-18-10-5-11-19(20(18)23)22-13-16-8-4-9-17(12-16)24-14-15-6-2-1-3-7-15/h1-12,22-23H,13-14H2. The van der Waals surface area contributed by atoms with Gasteiger partial charge < -0.3 is 15.2 Å². The number of hydrogen-bond acceptors (Lipinski definition) is 3. The minimum Gasteiger partial charge on any atom is -0.503 e. The van der Waals surface area contributed by atoms with E-state index >= 15 is 0 Å². The molecule has 3 aromatic rings. The normalized spacial score (nSPS) is 10.4. The summed E-state index contributed by atoms with van der Waals surface area (Å²) in [6.45, 7) is 0.960. The molecule has 4 heteroatoms. The molecule has 3 nitrogen and oxygen atoms in total. The van der Waals surface area contributed by atoms with Crippen LogP contribution in [0.25, 0.3) is 0 Å². The Bertz CT molecular complexity index is 806. The van der Waals surface area contributed by atoms with Crippen LogP contribution < -0.4 is 10.1 Å². The van der Waals surface area contributed by atoms with Crippen molar-refractivity contribution in [2.45, 2.75) is 13.2 Å². The first-order valence-corrected chi connectivity index (χ1v) is 7.69. The van der Waals surface area contributed by atoms with Gasteiger partial charge in [-0.25, -0.2) is 4.39 Å². The molecule has 0 amide bonds. The molecule has 2 N–H and O–H groups in total. The van der Waals surface area contributed by atoms with Crippen molar-refractivity contribution in [3.05, 3.63) is 89.7 Å². The molecule has 3 aromatic carbocycles. The fraction of sp³-hybridized carbons (Fsp3) is 0.100. The van der Waals surface area contributed by atoms with Gasteiger partial charge in [0.1, 0.15) is 12.4 Å². The largest absolute Gasteiger partial charge is 0.503 e. The second-order valence-electron chi connectivity index (χ2n) is 5.41. The zero-order chi connectivity index (χ0) is 16.8. The molecule has 0 aliphatic rings. The van der Waals surface area contributed by atoms with Crippen molar-refractivity contribution in [3.8, 4) is 11.5 Å². The number of phenols is 1. The van der Waals surface area contributed by atoms with Crippen LogP contribution >= 0.6 is 0 Å². The molecule has 0 radical (unpaired) electrons. The Hall–Kier alpha value is -3.01. The SMILES string of the molecule is Oc1c(F)cccc1NCc1cccc(OCc2ccccc2)c1. The number of nitrogens with one attached hydrogen (secondary N) is 1. The minimum absolute atomic E-state index is 0.366. The maximum Gasteiger partial charge on any atom is 0.174 e. The monoisotopic (exact) mass is 323 g/mol. The highest BCUT2D eigenvalue weighted by molar-refractivity contribution is 5.56. The molecule has 0 aromatic heterocycles. The van der Waals surface area contributed by atoms with Crippen LogP contribution in [0.4, 0.5) is 10.1 Å². The predicted molar refractivity (Wildman–Crippen MR) is 92.6 cm³/mol. The van der Waals surface area contributed by atoms with E-state index in [4.69, 9.17) is 4.74 Å². The average Bonchev–Trinajstić information content (AvgIpc) is 2.62. The van der Waals surface area contributed by atoms with Crippen LogP contribution in [-0.2, 0) is 13.2 Å². The summed E-state index contributed by atoms with van der Waals surface area (Å²) < 4.78 is 19.1. The lowest BCUT2D eigenvalue weighted by molar-refractivity contribution is 0.306. The Balaban J connectivity index is 1.62. The van der Waals surface area contributed by atoms with Crippen molar-refractivity contribution >= 4 is 5.69 Å². The van der Waals surface area contributed by atoms with Gasteiger partial charge in [-0.05, 0) is 35.4 Å². The number of hydrogen-bond donors (Lipinski definition) is 2. The summed E-state index contributed by atoms with van der Waals surface area (Å²) in [6.07, 6.45) is 0. The molecule has 0 aliphatic carbocycles. The number of anilines is 1. The van der Waals surface area contributed by atoms with Crippen LogP contribution in [-0.4, -0.2) is 5.11 Å². The van der Waals surface area contributed by atoms with Crippen LogP contribution in [0.5, 0.6) is 11.5 Å². The molecule has 3 rings (SSSR count). The summed E-state index contributed by atoms with van der Waals surface area (Å²) in [4.78, 5) is 0. The van der Waals surface area contributed by atoms with Crippen LogP contribution in [0.1, 0.15) is 11.1 Å². The molecule has 24 heavy (non-hydrogen) atoms.